The van der Waals surface area contributed by atoms with Crippen LogP contribution in [0.2, 0.25) is 0 Å². The molecule has 0 aliphatic heterocycles. The number of methoxy groups -OCH3 is 1. The zero-order valence-corrected chi connectivity index (χ0v) is 17.8. The summed E-state index contributed by atoms with van der Waals surface area (Å²) in [5.41, 5.74) is 0.857. The molecule has 0 saturated carbocycles. The van der Waals surface area contributed by atoms with Crippen LogP contribution in [0.4, 0.5) is 10.6 Å². The molecule has 0 radical (unpaired) electrons. The molecule has 2 rings (SSSR count). The Balaban J connectivity index is 2.48. The summed E-state index contributed by atoms with van der Waals surface area (Å²) in [6.45, 7) is 8.90. The quantitative estimate of drug-likeness (QED) is 0.664. The number of aromatic nitrogens is 1. The number of esters is 1. The number of hydrogen-bond donors (Lipinski definition) is 0. The van der Waals surface area contributed by atoms with Gasteiger partial charge in [-0.1, -0.05) is 19.1 Å². The predicted octanol–water partition coefficient (Wildman–Crippen LogP) is 4.52. The minimum atomic E-state index is -0.672. The molecule has 1 aromatic carbocycles. The molecule has 0 spiro atoms. The first-order valence-corrected chi connectivity index (χ1v) is 9.44. The Morgan fingerprint density at radius 2 is 1.76 bits per heavy atom. The van der Waals surface area contributed by atoms with E-state index >= 15 is 0 Å². The van der Waals surface area contributed by atoms with Crippen LogP contribution in [0.5, 0.6) is 11.5 Å². The van der Waals surface area contributed by atoms with Crippen molar-refractivity contribution in [2.75, 3.05) is 12.0 Å². The molecule has 1 heterocycles. The maximum atomic E-state index is 13.0. The summed E-state index contributed by atoms with van der Waals surface area (Å²) in [6, 6.07) is 9.01. The fraction of sp³-hybridized carbons (Fsp3) is 0.409. The lowest BCUT2D eigenvalue weighted by Crippen LogP contribution is -2.37. The van der Waals surface area contributed by atoms with E-state index in [9.17, 15) is 9.59 Å². The minimum absolute atomic E-state index is 0.239. The molecular formula is C22H28N2O5. The van der Waals surface area contributed by atoms with Crippen molar-refractivity contribution in [1.29, 1.82) is 0 Å². The molecule has 0 fully saturated rings. The topological polar surface area (TPSA) is 78.0 Å². The molecule has 0 unspecified atom stereocenters. The predicted molar refractivity (Wildman–Crippen MR) is 110 cm³/mol. The lowest BCUT2D eigenvalue weighted by atomic mass is 10.1. The van der Waals surface area contributed by atoms with Crippen molar-refractivity contribution in [3.05, 3.63) is 47.7 Å². The van der Waals surface area contributed by atoms with Crippen LogP contribution in [0.3, 0.4) is 0 Å². The van der Waals surface area contributed by atoms with E-state index in [1.165, 1.54) is 18.0 Å². The van der Waals surface area contributed by atoms with Crippen LogP contribution in [0.15, 0.2) is 36.5 Å². The zero-order chi connectivity index (χ0) is 21.6. The number of carbonyl (C=O) groups is 2. The number of rotatable bonds is 6. The first kappa shape index (κ1) is 22.2. The molecule has 1 amide bonds. The van der Waals surface area contributed by atoms with Gasteiger partial charge in [0.1, 0.15) is 22.9 Å². The molecule has 7 nitrogen and oxygen atoms in total. The average Bonchev–Trinajstić information content (AvgIpc) is 2.64. The van der Waals surface area contributed by atoms with E-state index in [-0.39, 0.29) is 6.54 Å². The van der Waals surface area contributed by atoms with Crippen molar-refractivity contribution in [2.45, 2.75) is 53.2 Å². The van der Waals surface area contributed by atoms with Gasteiger partial charge in [0.2, 0.25) is 0 Å². The fourth-order valence-electron chi connectivity index (χ4n) is 2.74. The highest BCUT2D eigenvalue weighted by Crippen LogP contribution is 2.30. The van der Waals surface area contributed by atoms with E-state index in [0.717, 1.165) is 11.3 Å². The molecule has 1 aromatic heterocycles. The highest BCUT2D eigenvalue weighted by atomic mass is 16.6. The summed E-state index contributed by atoms with van der Waals surface area (Å²) < 4.78 is 16.1. The molecule has 0 atom stereocenters. The third-order valence-corrected chi connectivity index (χ3v) is 3.97. The summed E-state index contributed by atoms with van der Waals surface area (Å²) in [5.74, 6) is 1.07. The van der Waals surface area contributed by atoms with Crippen molar-refractivity contribution in [3.8, 4) is 11.5 Å². The van der Waals surface area contributed by atoms with Crippen molar-refractivity contribution >= 4 is 17.9 Å². The highest BCUT2D eigenvalue weighted by Gasteiger charge is 2.27. The third-order valence-electron chi connectivity index (χ3n) is 3.97. The minimum Gasteiger partial charge on any atom is -0.497 e. The summed E-state index contributed by atoms with van der Waals surface area (Å²) >= 11 is 0. The summed E-state index contributed by atoms with van der Waals surface area (Å²) in [5, 5.41) is 0. The molecule has 0 bridgehead atoms. The Hall–Kier alpha value is -3.09. The van der Waals surface area contributed by atoms with Gasteiger partial charge in [-0.15, -0.1) is 0 Å². The van der Waals surface area contributed by atoms with Gasteiger partial charge in [0.05, 0.1) is 13.7 Å². The maximum absolute atomic E-state index is 13.0. The zero-order valence-electron chi connectivity index (χ0n) is 17.8. The third kappa shape index (κ3) is 6.20. The van der Waals surface area contributed by atoms with Gasteiger partial charge in [-0.05, 0) is 51.0 Å². The van der Waals surface area contributed by atoms with E-state index in [0.29, 0.717) is 23.6 Å². The van der Waals surface area contributed by atoms with Crippen LogP contribution in [-0.4, -0.2) is 29.8 Å². The molecule has 156 valence electrons. The molecule has 29 heavy (non-hydrogen) atoms. The number of benzene rings is 1. The maximum Gasteiger partial charge on any atom is 0.416 e. The van der Waals surface area contributed by atoms with E-state index in [2.05, 4.69) is 4.98 Å². The molecule has 7 heteroatoms. The van der Waals surface area contributed by atoms with Crippen molar-refractivity contribution < 1.29 is 23.8 Å². The Labute approximate surface area is 171 Å². The van der Waals surface area contributed by atoms with Crippen molar-refractivity contribution in [2.24, 2.45) is 0 Å². The number of anilines is 1. The van der Waals surface area contributed by atoms with Gasteiger partial charge in [0, 0.05) is 18.7 Å². The fourth-order valence-corrected chi connectivity index (χ4v) is 2.74. The smallest absolute Gasteiger partial charge is 0.416 e. The highest BCUT2D eigenvalue weighted by molar-refractivity contribution is 5.88. The van der Waals surface area contributed by atoms with Crippen LogP contribution in [-0.2, 0) is 22.5 Å². The molecule has 0 N–H and O–H groups in total. The largest absolute Gasteiger partial charge is 0.497 e. The number of amides is 1. The summed E-state index contributed by atoms with van der Waals surface area (Å²) in [7, 11) is 1.60. The van der Waals surface area contributed by atoms with Crippen LogP contribution in [0.25, 0.3) is 0 Å². The number of ether oxygens (including phenoxy) is 3. The molecule has 2 aromatic rings. The normalized spacial score (nSPS) is 11.0. The second kappa shape index (κ2) is 9.41. The lowest BCUT2D eigenvalue weighted by Gasteiger charge is -2.28. The van der Waals surface area contributed by atoms with E-state index < -0.39 is 17.7 Å². The molecule has 0 aliphatic rings. The Morgan fingerprint density at radius 3 is 2.28 bits per heavy atom. The SMILES string of the molecule is CCc1c(OC(C)=O)ccnc1N(Cc1ccc(OC)cc1)C(=O)OC(C)(C)C. The number of nitrogens with zero attached hydrogens (tertiary/aromatic N) is 2. The van der Waals surface area contributed by atoms with Gasteiger partial charge in [-0.2, -0.15) is 0 Å². The van der Waals surface area contributed by atoms with Crippen molar-refractivity contribution in [3.63, 3.8) is 0 Å². The van der Waals surface area contributed by atoms with Crippen molar-refractivity contribution in [1.82, 2.24) is 4.98 Å². The lowest BCUT2D eigenvalue weighted by molar-refractivity contribution is -0.131. The molecule has 0 aliphatic carbocycles. The van der Waals surface area contributed by atoms with E-state index in [4.69, 9.17) is 14.2 Å². The first-order valence-electron chi connectivity index (χ1n) is 9.44. The Morgan fingerprint density at radius 1 is 1.10 bits per heavy atom. The van der Waals surface area contributed by atoms with Gasteiger partial charge in [-0.25, -0.2) is 9.78 Å². The van der Waals surface area contributed by atoms with E-state index in [1.54, 1.807) is 33.9 Å². The van der Waals surface area contributed by atoms with Gasteiger partial charge < -0.3 is 14.2 Å². The molecular weight excluding hydrogens is 372 g/mol. The van der Waals surface area contributed by atoms with E-state index in [1.807, 2.05) is 31.2 Å². The average molecular weight is 400 g/mol. The molecule has 0 saturated heterocycles. The van der Waals surface area contributed by atoms with Crippen LogP contribution in [0.1, 0.15) is 45.7 Å². The van der Waals surface area contributed by atoms with Gasteiger partial charge in [-0.3, -0.25) is 9.69 Å². The second-order valence-electron chi connectivity index (χ2n) is 7.47. The number of pyridine rings is 1. The number of hydrogen-bond acceptors (Lipinski definition) is 6. The van der Waals surface area contributed by atoms with Gasteiger partial charge in [0.25, 0.3) is 0 Å². The first-order chi connectivity index (χ1) is 13.6. The Kier molecular flexibility index (Phi) is 7.20. The monoisotopic (exact) mass is 400 g/mol. The number of carbonyl (C=O) groups excluding carboxylic acids is 2. The van der Waals surface area contributed by atoms with Gasteiger partial charge >= 0.3 is 12.1 Å². The standard InChI is InChI=1S/C22H28N2O5/c1-7-18-19(28-15(2)25)12-13-23-20(18)24(21(26)29-22(3,4)5)14-16-8-10-17(27-6)11-9-16/h8-13H,7,14H2,1-6H3. The summed E-state index contributed by atoms with van der Waals surface area (Å²) in [6.07, 6.45) is 1.50. The second-order valence-corrected chi connectivity index (χ2v) is 7.47. The Bertz CT molecular complexity index is 856. The summed E-state index contributed by atoms with van der Waals surface area (Å²) in [4.78, 5) is 30.4. The van der Waals surface area contributed by atoms with Crippen LogP contribution >= 0.6 is 0 Å². The van der Waals surface area contributed by atoms with Gasteiger partial charge in [0.15, 0.2) is 0 Å². The van der Waals surface area contributed by atoms with Crippen LogP contribution < -0.4 is 14.4 Å². The van der Waals surface area contributed by atoms with Crippen LogP contribution in [0, 0.1) is 0 Å².